The molecule has 112 valence electrons. The molecule has 0 bridgehead atoms. The Balaban J connectivity index is 2.35. The molecule has 2 aromatic rings. The summed E-state index contributed by atoms with van der Waals surface area (Å²) in [7, 11) is 0. The third-order valence-corrected chi connectivity index (χ3v) is 3.94. The first-order chi connectivity index (χ1) is 10.0. The van der Waals surface area contributed by atoms with Gasteiger partial charge in [0.05, 0.1) is 0 Å². The minimum atomic E-state index is -0.740. The van der Waals surface area contributed by atoms with Crippen molar-refractivity contribution in [2.24, 2.45) is 5.73 Å². The van der Waals surface area contributed by atoms with Crippen molar-refractivity contribution in [1.29, 1.82) is 0 Å². The smallest absolute Gasteiger partial charge is 0.168 e. The third kappa shape index (κ3) is 3.80. The van der Waals surface area contributed by atoms with E-state index < -0.39 is 17.7 Å². The van der Waals surface area contributed by atoms with Gasteiger partial charge in [-0.25, -0.2) is 8.78 Å². The average Bonchev–Trinajstić information content (AvgIpc) is 2.47. The second-order valence-corrected chi connectivity index (χ2v) is 5.56. The van der Waals surface area contributed by atoms with E-state index in [0.29, 0.717) is 6.42 Å². The van der Waals surface area contributed by atoms with Crippen molar-refractivity contribution in [2.75, 3.05) is 0 Å². The number of hydrogen-bond acceptors (Lipinski definition) is 2. The standard InChI is InChI=1S/C16H16BrF2NO/c1-2-14(20)16(11-5-3-4-6-12(11)17)21-15-8-7-10(18)9-13(15)19/h3-9,14,16H,2,20H2,1H3. The molecule has 2 atom stereocenters. The van der Waals surface area contributed by atoms with Crippen molar-refractivity contribution >= 4 is 15.9 Å². The minimum Gasteiger partial charge on any atom is -0.481 e. The fraction of sp³-hybridized carbons (Fsp3) is 0.250. The van der Waals surface area contributed by atoms with Crippen LogP contribution in [0.25, 0.3) is 0 Å². The zero-order valence-corrected chi connectivity index (χ0v) is 13.1. The summed E-state index contributed by atoms with van der Waals surface area (Å²) in [4.78, 5) is 0. The van der Waals surface area contributed by atoms with Crippen LogP contribution in [0.15, 0.2) is 46.9 Å². The molecule has 0 radical (unpaired) electrons. The molecule has 2 N–H and O–H groups in total. The Hall–Kier alpha value is -1.46. The van der Waals surface area contributed by atoms with Gasteiger partial charge in [-0.15, -0.1) is 0 Å². The van der Waals surface area contributed by atoms with Gasteiger partial charge < -0.3 is 10.5 Å². The van der Waals surface area contributed by atoms with E-state index in [1.54, 1.807) is 0 Å². The van der Waals surface area contributed by atoms with Crippen molar-refractivity contribution in [3.05, 3.63) is 64.1 Å². The lowest BCUT2D eigenvalue weighted by atomic mass is 10.0. The predicted molar refractivity (Wildman–Crippen MR) is 82.1 cm³/mol. The number of halogens is 3. The number of benzene rings is 2. The average molecular weight is 356 g/mol. The fourth-order valence-corrected chi connectivity index (χ4v) is 2.52. The van der Waals surface area contributed by atoms with Gasteiger partial charge >= 0.3 is 0 Å². The summed E-state index contributed by atoms with van der Waals surface area (Å²) in [5, 5.41) is 0. The van der Waals surface area contributed by atoms with Crippen molar-refractivity contribution in [2.45, 2.75) is 25.5 Å². The molecule has 0 heterocycles. The lowest BCUT2D eigenvalue weighted by Gasteiger charge is -2.25. The van der Waals surface area contributed by atoms with Crippen LogP contribution >= 0.6 is 15.9 Å². The van der Waals surface area contributed by atoms with Gasteiger partial charge in [-0.05, 0) is 24.6 Å². The summed E-state index contributed by atoms with van der Waals surface area (Å²) >= 11 is 3.45. The van der Waals surface area contributed by atoms with Crippen molar-refractivity contribution in [3.8, 4) is 5.75 Å². The first-order valence-corrected chi connectivity index (χ1v) is 7.44. The number of hydrogen-bond donors (Lipinski definition) is 1. The maximum atomic E-state index is 13.8. The Morgan fingerprint density at radius 2 is 1.90 bits per heavy atom. The molecule has 2 rings (SSSR count). The van der Waals surface area contributed by atoms with E-state index in [0.717, 1.165) is 22.2 Å². The van der Waals surface area contributed by atoms with Gasteiger partial charge in [-0.2, -0.15) is 0 Å². The maximum absolute atomic E-state index is 13.8. The molecule has 0 spiro atoms. The van der Waals surface area contributed by atoms with E-state index in [1.807, 2.05) is 31.2 Å². The molecule has 0 fully saturated rings. The maximum Gasteiger partial charge on any atom is 0.168 e. The molecule has 2 nitrogen and oxygen atoms in total. The summed E-state index contributed by atoms with van der Waals surface area (Å²) in [5.41, 5.74) is 6.93. The first-order valence-electron chi connectivity index (χ1n) is 6.64. The zero-order valence-electron chi connectivity index (χ0n) is 11.5. The van der Waals surface area contributed by atoms with Crippen LogP contribution in [0, 0.1) is 11.6 Å². The number of ether oxygens (including phenoxy) is 1. The Bertz CT molecular complexity index is 621. The highest BCUT2D eigenvalue weighted by molar-refractivity contribution is 9.10. The van der Waals surface area contributed by atoms with E-state index in [2.05, 4.69) is 15.9 Å². The van der Waals surface area contributed by atoms with Gasteiger partial charge in [0.15, 0.2) is 11.6 Å². The molecule has 0 aliphatic carbocycles. The molecular formula is C16H16BrF2NO. The molecule has 0 aliphatic heterocycles. The summed E-state index contributed by atoms with van der Waals surface area (Å²) < 4.78 is 33.3. The Labute approximate surface area is 131 Å². The highest BCUT2D eigenvalue weighted by atomic mass is 79.9. The molecule has 21 heavy (non-hydrogen) atoms. The van der Waals surface area contributed by atoms with Crippen LogP contribution in [0.5, 0.6) is 5.75 Å². The topological polar surface area (TPSA) is 35.2 Å². The van der Waals surface area contributed by atoms with Crippen LogP contribution in [-0.2, 0) is 0 Å². The van der Waals surface area contributed by atoms with Crippen LogP contribution in [0.2, 0.25) is 0 Å². The van der Waals surface area contributed by atoms with Gasteiger partial charge in [0.2, 0.25) is 0 Å². The van der Waals surface area contributed by atoms with Gasteiger partial charge in [0.1, 0.15) is 11.9 Å². The lowest BCUT2D eigenvalue weighted by Crippen LogP contribution is -2.32. The summed E-state index contributed by atoms with van der Waals surface area (Å²) in [6.45, 7) is 1.93. The van der Waals surface area contributed by atoms with E-state index >= 15 is 0 Å². The predicted octanol–water partition coefficient (Wildman–Crippen LogP) is 4.58. The van der Waals surface area contributed by atoms with Crippen LogP contribution < -0.4 is 10.5 Å². The third-order valence-electron chi connectivity index (χ3n) is 3.22. The SMILES string of the molecule is CCC(N)C(Oc1ccc(F)cc1F)c1ccccc1Br. The molecule has 5 heteroatoms. The fourth-order valence-electron chi connectivity index (χ4n) is 2.01. The second kappa shape index (κ2) is 7.00. The quantitative estimate of drug-likeness (QED) is 0.851. The highest BCUT2D eigenvalue weighted by Gasteiger charge is 2.23. The molecular weight excluding hydrogens is 340 g/mol. The van der Waals surface area contributed by atoms with E-state index in [9.17, 15) is 8.78 Å². The lowest BCUT2D eigenvalue weighted by molar-refractivity contribution is 0.162. The summed E-state index contributed by atoms with van der Waals surface area (Å²) in [5.74, 6) is -1.39. The van der Waals surface area contributed by atoms with Crippen LogP contribution in [0.3, 0.4) is 0 Å². The van der Waals surface area contributed by atoms with E-state index in [4.69, 9.17) is 10.5 Å². The monoisotopic (exact) mass is 355 g/mol. The molecule has 0 amide bonds. The largest absolute Gasteiger partial charge is 0.481 e. The van der Waals surface area contributed by atoms with Gasteiger partial charge in [-0.1, -0.05) is 41.1 Å². The number of rotatable bonds is 5. The van der Waals surface area contributed by atoms with E-state index in [-0.39, 0.29) is 11.8 Å². The summed E-state index contributed by atoms with van der Waals surface area (Å²) in [6, 6.07) is 10.4. The molecule has 2 aromatic carbocycles. The summed E-state index contributed by atoms with van der Waals surface area (Å²) in [6.07, 6.45) is 0.139. The highest BCUT2D eigenvalue weighted by Crippen LogP contribution is 2.31. The Morgan fingerprint density at radius 3 is 2.52 bits per heavy atom. The van der Waals surface area contributed by atoms with Gasteiger partial charge in [-0.3, -0.25) is 0 Å². The minimum absolute atomic E-state index is 0.0129. The van der Waals surface area contributed by atoms with Gasteiger partial charge in [0, 0.05) is 22.1 Å². The zero-order chi connectivity index (χ0) is 15.4. The molecule has 0 aromatic heterocycles. The normalized spacial score (nSPS) is 13.8. The first kappa shape index (κ1) is 15.9. The van der Waals surface area contributed by atoms with Crippen molar-refractivity contribution in [1.82, 2.24) is 0 Å². The van der Waals surface area contributed by atoms with E-state index in [1.165, 1.54) is 6.07 Å². The van der Waals surface area contributed by atoms with Gasteiger partial charge in [0.25, 0.3) is 0 Å². The van der Waals surface area contributed by atoms with Crippen LogP contribution in [0.4, 0.5) is 8.78 Å². The molecule has 0 saturated heterocycles. The Morgan fingerprint density at radius 1 is 1.19 bits per heavy atom. The Kier molecular flexibility index (Phi) is 5.31. The van der Waals surface area contributed by atoms with Crippen molar-refractivity contribution < 1.29 is 13.5 Å². The molecule has 0 saturated carbocycles. The number of nitrogens with two attached hydrogens (primary N) is 1. The van der Waals surface area contributed by atoms with Crippen molar-refractivity contribution in [3.63, 3.8) is 0 Å². The van der Waals surface area contributed by atoms with Crippen LogP contribution in [-0.4, -0.2) is 6.04 Å². The van der Waals surface area contributed by atoms with Crippen LogP contribution in [0.1, 0.15) is 25.0 Å². The second-order valence-electron chi connectivity index (χ2n) is 4.71. The molecule has 0 aliphatic rings. The molecule has 2 unspecified atom stereocenters.